The van der Waals surface area contributed by atoms with Crippen LogP contribution in [0.2, 0.25) is 0 Å². The molecule has 1 heterocycles. The monoisotopic (exact) mass is 533 g/mol. The molecule has 6 nitrogen and oxygen atoms in total. The van der Waals surface area contributed by atoms with Crippen molar-refractivity contribution in [2.45, 2.75) is 42.5 Å². The zero-order valence-electron chi connectivity index (χ0n) is 17.0. The number of hydrogen-bond donors (Lipinski definition) is 0. The molecule has 11 heteroatoms. The van der Waals surface area contributed by atoms with Gasteiger partial charge in [-0.3, -0.25) is 9.10 Å². The lowest BCUT2D eigenvalue weighted by atomic mass is 9.66. The maximum atomic E-state index is 13.6. The van der Waals surface area contributed by atoms with E-state index >= 15 is 0 Å². The molecule has 1 fully saturated rings. The Balaban J connectivity index is 1.82. The summed E-state index contributed by atoms with van der Waals surface area (Å²) >= 11 is 3.31. The minimum absolute atomic E-state index is 0.205. The normalized spacial score (nSPS) is 25.0. The van der Waals surface area contributed by atoms with Crippen molar-refractivity contribution >= 4 is 37.6 Å². The molecule has 1 saturated carbocycles. The Kier molecular flexibility index (Phi) is 5.48. The van der Waals surface area contributed by atoms with E-state index in [-0.39, 0.29) is 24.3 Å². The summed E-state index contributed by atoms with van der Waals surface area (Å²) in [6.07, 6.45) is -4.23. The van der Waals surface area contributed by atoms with Gasteiger partial charge < -0.3 is 9.47 Å². The first-order valence-electron chi connectivity index (χ1n) is 9.67. The third-order valence-electron chi connectivity index (χ3n) is 6.02. The van der Waals surface area contributed by atoms with E-state index in [1.54, 1.807) is 25.1 Å². The second-order valence-corrected chi connectivity index (χ2v) is 10.6. The average Bonchev–Trinajstić information content (AvgIpc) is 2.70. The Morgan fingerprint density at radius 1 is 1.22 bits per heavy atom. The summed E-state index contributed by atoms with van der Waals surface area (Å²) in [6, 6.07) is 7.66. The number of hydrogen-bond acceptors (Lipinski definition) is 5. The third-order valence-corrected chi connectivity index (χ3v) is 8.40. The summed E-state index contributed by atoms with van der Waals surface area (Å²) in [4.78, 5) is 11.4. The molecule has 1 atom stereocenters. The smallest absolute Gasteiger partial charge is 0.416 e. The summed E-state index contributed by atoms with van der Waals surface area (Å²) in [5.41, 5.74) is -1.86. The van der Waals surface area contributed by atoms with E-state index in [1.807, 2.05) is 0 Å². The van der Waals surface area contributed by atoms with E-state index in [9.17, 15) is 26.4 Å². The van der Waals surface area contributed by atoms with Crippen LogP contribution in [0.1, 0.15) is 25.3 Å². The molecule has 1 aliphatic carbocycles. The highest BCUT2D eigenvalue weighted by atomic mass is 79.9. The van der Waals surface area contributed by atoms with Crippen LogP contribution in [0.15, 0.2) is 51.8 Å². The van der Waals surface area contributed by atoms with Crippen LogP contribution in [-0.4, -0.2) is 33.1 Å². The molecule has 0 aromatic heterocycles. The summed E-state index contributed by atoms with van der Waals surface area (Å²) in [6.45, 7) is 1.63. The number of ether oxygens (including phenoxy) is 2. The van der Waals surface area contributed by atoms with Gasteiger partial charge in [0.15, 0.2) is 0 Å². The van der Waals surface area contributed by atoms with Crippen LogP contribution in [0.5, 0.6) is 5.75 Å². The van der Waals surface area contributed by atoms with Gasteiger partial charge in [0.2, 0.25) is 0 Å². The Morgan fingerprint density at radius 2 is 1.91 bits per heavy atom. The Morgan fingerprint density at radius 3 is 2.53 bits per heavy atom. The van der Waals surface area contributed by atoms with Crippen LogP contribution in [0, 0.1) is 5.92 Å². The highest BCUT2D eigenvalue weighted by Crippen LogP contribution is 2.53. The van der Waals surface area contributed by atoms with Gasteiger partial charge in [-0.05, 0) is 43.3 Å². The first kappa shape index (κ1) is 22.9. The molecule has 2 aliphatic rings. The zero-order valence-corrected chi connectivity index (χ0v) is 19.4. The summed E-state index contributed by atoms with van der Waals surface area (Å²) < 4.78 is 79.6. The fourth-order valence-electron chi connectivity index (χ4n) is 4.29. The number of carbonyl (C=O) groups excluding carboxylic acids is 1. The molecule has 0 amide bonds. The van der Waals surface area contributed by atoms with Crippen molar-refractivity contribution in [2.24, 2.45) is 5.92 Å². The van der Waals surface area contributed by atoms with Crippen LogP contribution < -0.4 is 9.04 Å². The second kappa shape index (κ2) is 7.65. The topological polar surface area (TPSA) is 72.9 Å². The summed E-state index contributed by atoms with van der Waals surface area (Å²) in [7, 11) is -3.12. The second-order valence-electron chi connectivity index (χ2n) is 7.91. The van der Waals surface area contributed by atoms with Gasteiger partial charge in [-0.2, -0.15) is 13.2 Å². The van der Waals surface area contributed by atoms with Gasteiger partial charge in [0.25, 0.3) is 10.0 Å². The van der Waals surface area contributed by atoms with Crippen molar-refractivity contribution < 1.29 is 35.9 Å². The lowest BCUT2D eigenvalue weighted by molar-refractivity contribution is -0.160. The predicted molar refractivity (Wildman–Crippen MR) is 113 cm³/mol. The summed E-state index contributed by atoms with van der Waals surface area (Å²) in [5.74, 6) is -0.594. The third kappa shape index (κ3) is 3.64. The molecule has 32 heavy (non-hydrogen) atoms. The molecule has 0 radical (unpaired) electrons. The van der Waals surface area contributed by atoms with E-state index in [4.69, 9.17) is 9.47 Å². The van der Waals surface area contributed by atoms with E-state index in [0.717, 1.165) is 22.5 Å². The first-order valence-corrected chi connectivity index (χ1v) is 11.9. The lowest BCUT2D eigenvalue weighted by Crippen LogP contribution is -2.66. The maximum Gasteiger partial charge on any atom is 0.416 e. The number of alkyl halides is 3. The number of anilines is 1. The van der Waals surface area contributed by atoms with Crippen molar-refractivity contribution in [1.29, 1.82) is 0 Å². The maximum absolute atomic E-state index is 13.6. The zero-order chi connectivity index (χ0) is 23.5. The van der Waals surface area contributed by atoms with Crippen molar-refractivity contribution in [3.05, 3.63) is 52.5 Å². The minimum Gasteiger partial charge on any atom is -0.483 e. The Labute approximate surface area is 191 Å². The molecule has 0 N–H and O–H groups in total. The molecule has 4 rings (SSSR count). The molecule has 172 valence electrons. The van der Waals surface area contributed by atoms with Crippen molar-refractivity contribution in [2.75, 3.05) is 11.4 Å². The number of halogens is 4. The molecule has 0 bridgehead atoms. The molecular formula is C21H19BrF3NO5S. The summed E-state index contributed by atoms with van der Waals surface area (Å²) in [5, 5.41) is 0. The quantitative estimate of drug-likeness (QED) is 0.531. The van der Waals surface area contributed by atoms with Crippen LogP contribution in [0.25, 0.3) is 0 Å². The Hall–Kier alpha value is -2.27. The number of nitrogens with zero attached hydrogens (tertiary/aromatic N) is 1. The molecular weight excluding hydrogens is 515 g/mol. The van der Waals surface area contributed by atoms with Gasteiger partial charge in [0.05, 0.1) is 35.2 Å². The van der Waals surface area contributed by atoms with E-state index in [2.05, 4.69) is 15.9 Å². The Bertz CT molecular complexity index is 1180. The highest BCUT2D eigenvalue weighted by molar-refractivity contribution is 9.10. The van der Waals surface area contributed by atoms with Crippen molar-refractivity contribution in [3.8, 4) is 5.75 Å². The van der Waals surface area contributed by atoms with Gasteiger partial charge in [0, 0.05) is 17.3 Å². The molecule has 1 aliphatic heterocycles. The number of benzene rings is 2. The fraction of sp³-hybridized carbons (Fsp3) is 0.381. The largest absolute Gasteiger partial charge is 0.483 e. The molecule has 1 unspecified atom stereocenters. The fourth-order valence-corrected chi connectivity index (χ4v) is 6.40. The standard InChI is InChI=1S/C21H19BrF3NO5S/c1-12-20(10-13(11-20)19(27)30-2)31-18-7-6-15(22)9-17(18)26(12)32(28,29)16-5-3-4-14(8-16)21(23,24)25/h3-9,12-13H,10-11H2,1-2H3. The van der Waals surface area contributed by atoms with Gasteiger partial charge in [-0.15, -0.1) is 0 Å². The van der Waals surface area contributed by atoms with E-state index < -0.39 is 50.2 Å². The SMILES string of the molecule is COC(=O)C1CC2(C1)Oc1ccc(Br)cc1N(S(=O)(=O)c1cccc(C(F)(F)F)c1)C2C. The van der Waals surface area contributed by atoms with E-state index in [1.165, 1.54) is 7.11 Å². The minimum atomic E-state index is -4.69. The molecule has 2 aromatic carbocycles. The number of carbonyl (C=O) groups is 1. The number of rotatable bonds is 3. The van der Waals surface area contributed by atoms with Crippen molar-refractivity contribution in [1.82, 2.24) is 0 Å². The van der Waals surface area contributed by atoms with Crippen molar-refractivity contribution in [3.63, 3.8) is 0 Å². The number of methoxy groups -OCH3 is 1. The van der Waals surface area contributed by atoms with E-state index in [0.29, 0.717) is 10.5 Å². The van der Waals surface area contributed by atoms with Crippen LogP contribution in [-0.2, 0) is 25.7 Å². The highest BCUT2D eigenvalue weighted by Gasteiger charge is 2.59. The van der Waals surface area contributed by atoms with Crippen LogP contribution >= 0.6 is 15.9 Å². The van der Waals surface area contributed by atoms with Crippen LogP contribution in [0.4, 0.5) is 18.9 Å². The number of sulfonamides is 1. The lowest BCUT2D eigenvalue weighted by Gasteiger charge is -2.55. The molecule has 0 saturated heterocycles. The van der Waals surface area contributed by atoms with Crippen LogP contribution in [0.3, 0.4) is 0 Å². The van der Waals surface area contributed by atoms with Gasteiger partial charge >= 0.3 is 12.1 Å². The van der Waals surface area contributed by atoms with Gasteiger partial charge in [0.1, 0.15) is 11.4 Å². The van der Waals surface area contributed by atoms with Gasteiger partial charge in [-0.25, -0.2) is 8.42 Å². The first-order chi connectivity index (χ1) is 14.9. The molecule has 2 aromatic rings. The van der Waals surface area contributed by atoms with Gasteiger partial charge in [-0.1, -0.05) is 22.0 Å². The predicted octanol–water partition coefficient (Wildman–Crippen LogP) is 4.77. The average molecular weight is 534 g/mol. The molecule has 1 spiro atoms. The number of fused-ring (bicyclic) bond motifs is 1. The number of esters is 1.